The molecule has 5 rings (SSSR count). The number of hydrogen-bond donors (Lipinski definition) is 3. The Labute approximate surface area is 201 Å². The van der Waals surface area contributed by atoms with Gasteiger partial charge in [0.2, 0.25) is 0 Å². The van der Waals surface area contributed by atoms with Crippen LogP contribution in [0.5, 0.6) is 11.5 Å². The van der Waals surface area contributed by atoms with Crippen molar-refractivity contribution < 1.29 is 32.5 Å². The van der Waals surface area contributed by atoms with Gasteiger partial charge in [-0.1, -0.05) is 17.7 Å². The Morgan fingerprint density at radius 2 is 1.97 bits per heavy atom. The van der Waals surface area contributed by atoms with E-state index in [0.29, 0.717) is 29.1 Å². The Hall–Kier alpha value is -4.35. The van der Waals surface area contributed by atoms with Crippen molar-refractivity contribution in [3.05, 3.63) is 70.0 Å². The number of nitrogens with one attached hydrogen (secondary N) is 2. The van der Waals surface area contributed by atoms with Crippen molar-refractivity contribution >= 4 is 16.9 Å². The number of ether oxygens (including phenoxy) is 2. The maximum Gasteiger partial charge on any atom is 0.490 e. The van der Waals surface area contributed by atoms with Crippen molar-refractivity contribution in [3.63, 3.8) is 0 Å². The number of H-pyrrole nitrogens is 2. The van der Waals surface area contributed by atoms with Gasteiger partial charge >= 0.3 is 12.1 Å². The molecule has 1 atom stereocenters. The predicted molar refractivity (Wildman–Crippen MR) is 123 cm³/mol. The molecule has 9 nitrogen and oxygen atoms in total. The molecule has 2 aromatic carbocycles. The number of aromatic amines is 2. The average molecular weight is 502 g/mol. The van der Waals surface area contributed by atoms with Gasteiger partial charge in [0.05, 0.1) is 31.2 Å². The predicted octanol–water partition coefficient (Wildman–Crippen LogP) is 3.98. The Morgan fingerprint density at radius 1 is 1.22 bits per heavy atom. The number of aryl methyl sites for hydroxylation is 1. The molecular weight excluding hydrogens is 481 g/mol. The van der Waals surface area contributed by atoms with Crippen LogP contribution in [0, 0.1) is 6.92 Å². The topological polar surface area (TPSA) is 130 Å². The number of aliphatic carboxylic acids is 1. The summed E-state index contributed by atoms with van der Waals surface area (Å²) in [5.74, 6) is -0.715. The summed E-state index contributed by atoms with van der Waals surface area (Å²) < 4.78 is 43.2. The number of hydrogen-bond acceptors (Lipinski definition) is 6. The van der Waals surface area contributed by atoms with E-state index in [1.54, 1.807) is 19.5 Å². The molecule has 4 aromatic rings. The van der Waals surface area contributed by atoms with E-state index in [4.69, 9.17) is 24.4 Å². The van der Waals surface area contributed by atoms with Crippen LogP contribution in [0.4, 0.5) is 13.2 Å². The minimum atomic E-state index is -5.08. The van der Waals surface area contributed by atoms with Gasteiger partial charge in [0.15, 0.2) is 0 Å². The van der Waals surface area contributed by atoms with Crippen LogP contribution in [0.3, 0.4) is 0 Å². The molecule has 1 aliphatic rings. The molecule has 1 aliphatic heterocycles. The lowest BCUT2D eigenvalue weighted by atomic mass is 9.94. The van der Waals surface area contributed by atoms with Gasteiger partial charge < -0.3 is 19.6 Å². The number of rotatable bonds is 3. The fourth-order valence-electron chi connectivity index (χ4n) is 3.85. The lowest BCUT2D eigenvalue weighted by molar-refractivity contribution is -0.192. The van der Waals surface area contributed by atoms with Crippen LogP contribution in [0.25, 0.3) is 22.0 Å². The van der Waals surface area contributed by atoms with Crippen molar-refractivity contribution in [1.29, 1.82) is 0 Å². The summed E-state index contributed by atoms with van der Waals surface area (Å²) in [6.45, 7) is 2.53. The van der Waals surface area contributed by atoms with Gasteiger partial charge in [-0.15, -0.1) is 0 Å². The zero-order chi connectivity index (χ0) is 26.0. The molecule has 0 radical (unpaired) electrons. The van der Waals surface area contributed by atoms with Crippen LogP contribution < -0.4 is 15.0 Å². The molecule has 0 fully saturated rings. The first-order valence-electron chi connectivity index (χ1n) is 10.7. The van der Waals surface area contributed by atoms with Crippen LogP contribution in [-0.4, -0.2) is 51.1 Å². The Morgan fingerprint density at radius 3 is 2.61 bits per heavy atom. The number of methoxy groups -OCH3 is 1. The number of carboxylic acid groups (broad SMARTS) is 1. The zero-order valence-electron chi connectivity index (χ0n) is 19.1. The number of carbonyl (C=O) groups is 1. The Balaban J connectivity index is 0.000000384. The molecule has 2 aromatic heterocycles. The SMILES string of the molecule is COc1cc(-c2cn[nH]c2)cc2c(=O)[nH]c(C3COc4ccc(C)cc4C3)nc12.O=C(O)C(F)(F)F. The highest BCUT2D eigenvalue weighted by atomic mass is 19.4. The fourth-order valence-corrected chi connectivity index (χ4v) is 3.85. The third-order valence-electron chi connectivity index (χ3n) is 5.60. The number of alkyl halides is 3. The van der Waals surface area contributed by atoms with E-state index in [-0.39, 0.29) is 11.5 Å². The third-order valence-corrected chi connectivity index (χ3v) is 5.60. The van der Waals surface area contributed by atoms with Crippen LogP contribution in [0.1, 0.15) is 22.9 Å². The summed E-state index contributed by atoms with van der Waals surface area (Å²) in [7, 11) is 1.58. The average Bonchev–Trinajstić information content (AvgIpc) is 3.38. The summed E-state index contributed by atoms with van der Waals surface area (Å²) >= 11 is 0. The molecule has 0 aliphatic carbocycles. The molecule has 1 unspecified atom stereocenters. The number of aromatic nitrogens is 4. The Kier molecular flexibility index (Phi) is 6.69. The smallest absolute Gasteiger partial charge is 0.490 e. The first-order chi connectivity index (χ1) is 17.1. The quantitative estimate of drug-likeness (QED) is 0.386. The molecule has 0 amide bonds. The van der Waals surface area contributed by atoms with E-state index >= 15 is 0 Å². The molecule has 3 heterocycles. The summed E-state index contributed by atoms with van der Waals surface area (Å²) in [5.41, 5.74) is 4.39. The standard InChI is InChI=1S/C22H20N4O3.C2HF3O2/c1-12-3-4-18-14(5-12)6-15(11-29-18)21-25-20-17(22(27)26-21)7-13(8-19(20)28-2)16-9-23-24-10-16;3-2(4,5)1(6)7/h3-5,7-10,15H,6,11H2,1-2H3,(H,23,24)(H,25,26,27);(H,6,7). The number of nitrogens with zero attached hydrogens (tertiary/aromatic N) is 2. The van der Waals surface area contributed by atoms with Gasteiger partial charge in [-0.05, 0) is 42.7 Å². The summed E-state index contributed by atoms with van der Waals surface area (Å²) in [4.78, 5) is 29.5. The molecule has 0 bridgehead atoms. The minimum absolute atomic E-state index is 0.0281. The maximum atomic E-state index is 12.9. The van der Waals surface area contributed by atoms with E-state index in [2.05, 4.69) is 28.2 Å². The van der Waals surface area contributed by atoms with Crippen molar-refractivity contribution in [3.8, 4) is 22.6 Å². The monoisotopic (exact) mass is 502 g/mol. The first-order valence-corrected chi connectivity index (χ1v) is 10.7. The van der Waals surface area contributed by atoms with Crippen molar-refractivity contribution in [2.24, 2.45) is 0 Å². The summed E-state index contributed by atoms with van der Waals surface area (Å²) in [6, 6.07) is 9.85. The Bertz CT molecular complexity index is 1470. The molecule has 12 heteroatoms. The molecule has 0 saturated heterocycles. The number of benzene rings is 2. The molecule has 0 spiro atoms. The number of halogens is 3. The summed E-state index contributed by atoms with van der Waals surface area (Å²) in [5, 5.41) is 14.4. The second kappa shape index (κ2) is 9.72. The van der Waals surface area contributed by atoms with Gasteiger partial charge in [-0.25, -0.2) is 9.78 Å². The molecule has 0 saturated carbocycles. The zero-order valence-corrected chi connectivity index (χ0v) is 19.1. The van der Waals surface area contributed by atoms with Gasteiger partial charge in [0, 0.05) is 11.8 Å². The van der Waals surface area contributed by atoms with Gasteiger partial charge in [0.1, 0.15) is 22.8 Å². The van der Waals surface area contributed by atoms with E-state index in [1.807, 2.05) is 24.3 Å². The third kappa shape index (κ3) is 5.16. The molecular formula is C24H21F3N4O5. The maximum absolute atomic E-state index is 12.9. The summed E-state index contributed by atoms with van der Waals surface area (Å²) in [6.07, 6.45) is -0.842. The van der Waals surface area contributed by atoms with E-state index in [9.17, 15) is 18.0 Å². The molecule has 3 N–H and O–H groups in total. The van der Waals surface area contributed by atoms with Crippen molar-refractivity contribution in [1.82, 2.24) is 20.2 Å². The van der Waals surface area contributed by atoms with E-state index in [1.165, 1.54) is 5.56 Å². The second-order valence-corrected chi connectivity index (χ2v) is 8.14. The molecule has 36 heavy (non-hydrogen) atoms. The van der Waals surface area contributed by atoms with E-state index in [0.717, 1.165) is 28.9 Å². The lowest BCUT2D eigenvalue weighted by Gasteiger charge is -2.25. The van der Waals surface area contributed by atoms with Crippen LogP contribution in [0.15, 0.2) is 47.5 Å². The van der Waals surface area contributed by atoms with Gasteiger partial charge in [-0.2, -0.15) is 18.3 Å². The highest BCUT2D eigenvalue weighted by molar-refractivity contribution is 5.89. The minimum Gasteiger partial charge on any atom is -0.494 e. The largest absolute Gasteiger partial charge is 0.494 e. The number of carboxylic acids is 1. The fraction of sp³-hybridized carbons (Fsp3) is 0.250. The van der Waals surface area contributed by atoms with Crippen LogP contribution in [0.2, 0.25) is 0 Å². The lowest BCUT2D eigenvalue weighted by Crippen LogP contribution is -2.24. The highest BCUT2D eigenvalue weighted by Gasteiger charge is 2.38. The first kappa shape index (κ1) is 24.8. The van der Waals surface area contributed by atoms with Crippen molar-refractivity contribution in [2.75, 3.05) is 13.7 Å². The highest BCUT2D eigenvalue weighted by Crippen LogP contribution is 2.34. The van der Waals surface area contributed by atoms with Crippen LogP contribution in [-0.2, 0) is 11.2 Å². The molecule has 188 valence electrons. The van der Waals surface area contributed by atoms with Gasteiger partial charge in [-0.3, -0.25) is 9.89 Å². The normalized spacial score (nSPS) is 14.9. The van der Waals surface area contributed by atoms with Crippen LogP contribution >= 0.6 is 0 Å². The second-order valence-electron chi connectivity index (χ2n) is 8.14. The number of fused-ring (bicyclic) bond motifs is 2. The van der Waals surface area contributed by atoms with Crippen molar-refractivity contribution in [2.45, 2.75) is 25.4 Å². The van der Waals surface area contributed by atoms with E-state index < -0.39 is 12.1 Å². The van der Waals surface area contributed by atoms with Gasteiger partial charge in [0.25, 0.3) is 5.56 Å².